The Morgan fingerprint density at radius 2 is 1.12 bits per heavy atom. The molecule has 0 bridgehead atoms. The maximum absolute atomic E-state index is 5.54. The summed E-state index contributed by atoms with van der Waals surface area (Å²) in [7, 11) is 1.87. The van der Waals surface area contributed by atoms with E-state index in [4.69, 9.17) is 4.65 Å². The molecule has 0 heterocycles. The maximum Gasteiger partial charge on any atom is 0.257 e. The van der Waals surface area contributed by atoms with Crippen LogP contribution in [0, 0.1) is 0 Å². The van der Waals surface area contributed by atoms with Crippen LogP contribution in [0.1, 0.15) is 90.9 Å². The van der Waals surface area contributed by atoms with Gasteiger partial charge in [0, 0.05) is 6.10 Å². The quantitative estimate of drug-likeness (QED) is 0.336. The van der Waals surface area contributed by atoms with Gasteiger partial charge in [-0.25, -0.2) is 0 Å². The Balaban J connectivity index is 3.25. The van der Waals surface area contributed by atoms with Gasteiger partial charge in [0.1, 0.15) is 0 Å². The van der Waals surface area contributed by atoms with Crippen LogP contribution in [0.5, 0.6) is 0 Å². The fourth-order valence-corrected chi connectivity index (χ4v) is 2.33. The van der Waals surface area contributed by atoms with Gasteiger partial charge in [0.25, 0.3) is 8.05 Å². The molecule has 0 aromatic rings. The van der Waals surface area contributed by atoms with E-state index in [1.54, 1.807) is 0 Å². The third-order valence-corrected chi connectivity index (χ3v) is 3.59. The first-order valence-corrected chi connectivity index (χ1v) is 7.87. The van der Waals surface area contributed by atoms with Crippen LogP contribution in [0.3, 0.4) is 0 Å². The molecule has 0 aliphatic heterocycles. The van der Waals surface area contributed by atoms with E-state index in [9.17, 15) is 0 Å². The van der Waals surface area contributed by atoms with Crippen LogP contribution in [-0.4, -0.2) is 14.2 Å². The molecule has 0 saturated heterocycles. The van der Waals surface area contributed by atoms with Gasteiger partial charge in [-0.2, -0.15) is 0 Å². The third-order valence-electron chi connectivity index (χ3n) is 3.59. The number of rotatable bonds is 13. The molecule has 0 spiro atoms. The van der Waals surface area contributed by atoms with Crippen LogP contribution in [-0.2, 0) is 4.65 Å². The molecule has 1 nitrogen and oxygen atoms in total. The Kier molecular flexibility index (Phi) is 14.1. The standard InChI is InChI=1S/C15H33BO/c1-3-5-7-8-9-10-12-14-15(17-16)13-11-6-4-2/h15H,3-14,16H2,1-2H3. The summed E-state index contributed by atoms with van der Waals surface area (Å²) in [5.41, 5.74) is 0. The Bertz CT molecular complexity index is 139. The van der Waals surface area contributed by atoms with Crippen molar-refractivity contribution in [3.05, 3.63) is 0 Å². The second-order valence-corrected chi connectivity index (χ2v) is 5.26. The summed E-state index contributed by atoms with van der Waals surface area (Å²) in [5.74, 6) is 0. The Morgan fingerprint density at radius 3 is 1.65 bits per heavy atom. The SMILES string of the molecule is BOC(CCCCC)CCCCCCCCC. The number of hydrogen-bond donors (Lipinski definition) is 0. The lowest BCUT2D eigenvalue weighted by atomic mass is 10.0. The van der Waals surface area contributed by atoms with Crippen molar-refractivity contribution in [2.75, 3.05) is 0 Å². The largest absolute Gasteiger partial charge is 0.441 e. The Morgan fingerprint density at radius 1 is 0.706 bits per heavy atom. The molecule has 17 heavy (non-hydrogen) atoms. The smallest absolute Gasteiger partial charge is 0.257 e. The lowest BCUT2D eigenvalue weighted by molar-refractivity contribution is 0.189. The van der Waals surface area contributed by atoms with Crippen molar-refractivity contribution in [1.29, 1.82) is 0 Å². The predicted octanol–water partition coefficient (Wildman–Crippen LogP) is 4.64. The zero-order valence-corrected chi connectivity index (χ0v) is 12.5. The molecule has 0 saturated carbocycles. The number of unbranched alkanes of at least 4 members (excludes halogenated alkanes) is 8. The van der Waals surface area contributed by atoms with Crippen molar-refractivity contribution >= 4 is 8.05 Å². The first-order valence-electron chi connectivity index (χ1n) is 7.87. The van der Waals surface area contributed by atoms with Gasteiger partial charge in [-0.05, 0) is 12.8 Å². The van der Waals surface area contributed by atoms with E-state index >= 15 is 0 Å². The van der Waals surface area contributed by atoms with E-state index in [1.807, 2.05) is 8.05 Å². The molecule has 0 aliphatic rings. The van der Waals surface area contributed by atoms with Crippen molar-refractivity contribution in [3.63, 3.8) is 0 Å². The highest BCUT2D eigenvalue weighted by atomic mass is 16.4. The topological polar surface area (TPSA) is 9.23 Å². The van der Waals surface area contributed by atoms with Gasteiger partial charge >= 0.3 is 0 Å². The molecule has 1 unspecified atom stereocenters. The van der Waals surface area contributed by atoms with Crippen molar-refractivity contribution < 1.29 is 4.65 Å². The van der Waals surface area contributed by atoms with E-state index in [0.717, 1.165) is 0 Å². The van der Waals surface area contributed by atoms with Gasteiger partial charge in [-0.15, -0.1) is 0 Å². The first kappa shape index (κ1) is 17.0. The van der Waals surface area contributed by atoms with E-state index in [1.165, 1.54) is 77.0 Å². The zero-order chi connectivity index (χ0) is 12.8. The summed E-state index contributed by atoms with van der Waals surface area (Å²) in [6.45, 7) is 4.54. The van der Waals surface area contributed by atoms with Gasteiger partial charge < -0.3 is 4.65 Å². The van der Waals surface area contributed by atoms with E-state index in [-0.39, 0.29) is 0 Å². The average molecular weight is 240 g/mol. The molecular weight excluding hydrogens is 207 g/mol. The van der Waals surface area contributed by atoms with Crippen LogP contribution in [0.15, 0.2) is 0 Å². The summed E-state index contributed by atoms with van der Waals surface area (Å²) in [4.78, 5) is 0. The molecule has 0 aromatic heterocycles. The second-order valence-electron chi connectivity index (χ2n) is 5.26. The zero-order valence-electron chi connectivity index (χ0n) is 12.5. The molecule has 0 amide bonds. The summed E-state index contributed by atoms with van der Waals surface area (Å²) in [6, 6.07) is 0. The monoisotopic (exact) mass is 240 g/mol. The number of hydrogen-bond acceptors (Lipinski definition) is 1. The molecule has 0 rings (SSSR count). The minimum atomic E-state index is 0.525. The van der Waals surface area contributed by atoms with E-state index < -0.39 is 0 Å². The highest BCUT2D eigenvalue weighted by Crippen LogP contribution is 2.14. The average Bonchev–Trinajstić information content (AvgIpc) is 2.35. The van der Waals surface area contributed by atoms with Crippen molar-refractivity contribution in [3.8, 4) is 0 Å². The van der Waals surface area contributed by atoms with Crippen molar-refractivity contribution in [2.45, 2.75) is 97.0 Å². The summed E-state index contributed by atoms with van der Waals surface area (Å²) in [6.07, 6.45) is 16.9. The molecule has 0 N–H and O–H groups in total. The van der Waals surface area contributed by atoms with Crippen molar-refractivity contribution in [2.24, 2.45) is 0 Å². The summed E-state index contributed by atoms with van der Waals surface area (Å²) < 4.78 is 5.54. The van der Waals surface area contributed by atoms with E-state index in [2.05, 4.69) is 13.8 Å². The van der Waals surface area contributed by atoms with Gasteiger partial charge in [0.2, 0.25) is 0 Å². The predicted molar refractivity (Wildman–Crippen MR) is 80.2 cm³/mol. The van der Waals surface area contributed by atoms with Gasteiger partial charge in [0.05, 0.1) is 0 Å². The van der Waals surface area contributed by atoms with Gasteiger partial charge in [-0.1, -0.05) is 78.1 Å². The lowest BCUT2D eigenvalue weighted by Gasteiger charge is -2.15. The van der Waals surface area contributed by atoms with Crippen LogP contribution < -0.4 is 0 Å². The molecule has 0 aromatic carbocycles. The molecule has 2 heteroatoms. The fraction of sp³-hybridized carbons (Fsp3) is 1.00. The fourth-order valence-electron chi connectivity index (χ4n) is 2.33. The van der Waals surface area contributed by atoms with E-state index in [0.29, 0.717) is 6.10 Å². The maximum atomic E-state index is 5.54. The second kappa shape index (κ2) is 14.1. The van der Waals surface area contributed by atoms with Crippen molar-refractivity contribution in [1.82, 2.24) is 0 Å². The molecular formula is C15H33BO. The highest BCUT2D eigenvalue weighted by molar-refractivity contribution is 5.98. The van der Waals surface area contributed by atoms with Crippen LogP contribution in [0.2, 0.25) is 0 Å². The minimum absolute atomic E-state index is 0.525. The molecule has 0 aliphatic carbocycles. The third kappa shape index (κ3) is 12.3. The molecule has 0 fully saturated rings. The van der Waals surface area contributed by atoms with Crippen LogP contribution in [0.4, 0.5) is 0 Å². The van der Waals surface area contributed by atoms with Gasteiger partial charge in [-0.3, -0.25) is 0 Å². The first-order chi connectivity index (χ1) is 8.35. The summed E-state index contributed by atoms with van der Waals surface area (Å²) in [5, 5.41) is 0. The van der Waals surface area contributed by atoms with Crippen LogP contribution in [0.25, 0.3) is 0 Å². The minimum Gasteiger partial charge on any atom is -0.441 e. The lowest BCUT2D eigenvalue weighted by Crippen LogP contribution is -2.11. The van der Waals surface area contributed by atoms with Gasteiger partial charge in [0.15, 0.2) is 0 Å². The normalized spacial score (nSPS) is 12.8. The highest BCUT2D eigenvalue weighted by Gasteiger charge is 2.05. The van der Waals surface area contributed by atoms with Crippen LogP contribution >= 0.6 is 0 Å². The summed E-state index contributed by atoms with van der Waals surface area (Å²) >= 11 is 0. The molecule has 0 radical (unpaired) electrons. The Labute approximate surface area is 110 Å². The molecule has 102 valence electrons. The Hall–Kier alpha value is 0.0249. The molecule has 1 atom stereocenters.